The molecule has 10 aromatic heterocycles. The lowest BCUT2D eigenvalue weighted by molar-refractivity contribution is 0.374. The van der Waals surface area contributed by atoms with Crippen LogP contribution in [0.25, 0.3) is 0 Å². The number of aromatic amines is 4. The van der Waals surface area contributed by atoms with Crippen LogP contribution in [0, 0.1) is 69.2 Å². The second kappa shape index (κ2) is 90.9. The van der Waals surface area contributed by atoms with E-state index in [4.69, 9.17) is 0 Å². The molecule has 10 rings (SSSR count). The molecule has 0 saturated carbocycles. The fraction of sp³-hybridized carbons (Fsp3) is 0.577. The Balaban J connectivity index is -0.0000000822. The Labute approximate surface area is 488 Å². The SMILES string of the molecule is CC.CC.CC.CC.CC.CC.CC.CC.CC.CC.Cc1cnc[nH]1.Cc1cnno1.Cc1conn1.Cc1ncc[nH]1.Cc1ncn[nH]1.Cc1ncn[nH]1.Cc1ncno1.Cc1ncns1.Cc1nnco1.Cc1nncs1. The fourth-order valence-corrected chi connectivity index (χ4v) is 3.23. The van der Waals surface area contributed by atoms with E-state index in [1.165, 1.54) is 43.2 Å². The molecule has 10 aromatic rings. The summed E-state index contributed by atoms with van der Waals surface area (Å²) in [5.41, 5.74) is 3.64. The summed E-state index contributed by atoms with van der Waals surface area (Å²) in [7, 11) is 0. The minimum absolute atomic E-state index is 0.606. The van der Waals surface area contributed by atoms with Crippen LogP contribution in [-0.4, -0.2) is 111 Å². The maximum atomic E-state index is 4.61. The van der Waals surface area contributed by atoms with E-state index in [-0.39, 0.29) is 0 Å². The number of nitrogens with one attached hydrogen (secondary N) is 4. The van der Waals surface area contributed by atoms with Crippen LogP contribution in [0.3, 0.4) is 0 Å². The van der Waals surface area contributed by atoms with Crippen molar-refractivity contribution in [1.82, 2.24) is 111 Å². The van der Waals surface area contributed by atoms with E-state index in [1.807, 2.05) is 187 Å². The average Bonchev–Trinajstić information content (AvgIpc) is 4.32. The molecule has 0 saturated heterocycles. The Morgan fingerprint density at radius 1 is 0.475 bits per heavy atom. The Morgan fingerprint density at radius 3 is 1.15 bits per heavy atom. The van der Waals surface area contributed by atoms with Crippen LogP contribution in [0.1, 0.15) is 195 Å². The lowest BCUT2D eigenvalue weighted by Gasteiger charge is -1.68. The van der Waals surface area contributed by atoms with Crippen LogP contribution < -0.4 is 0 Å². The Morgan fingerprint density at radius 2 is 1.04 bits per heavy atom. The van der Waals surface area contributed by atoms with Crippen LogP contribution in [-0.2, 0) is 0 Å². The van der Waals surface area contributed by atoms with Crippen molar-refractivity contribution in [3.05, 3.63) is 131 Å². The lowest BCUT2D eigenvalue weighted by atomic mass is 10.6. The van der Waals surface area contributed by atoms with E-state index in [0.717, 1.165) is 44.6 Å². The Bertz CT molecular complexity index is 1670. The molecule has 0 unspecified atom stereocenters. The highest BCUT2D eigenvalue weighted by atomic mass is 32.1. The van der Waals surface area contributed by atoms with Gasteiger partial charge < -0.3 is 28.0 Å². The molecule has 28 heteroatoms. The van der Waals surface area contributed by atoms with E-state index < -0.39 is 0 Å². The van der Waals surface area contributed by atoms with Crippen molar-refractivity contribution in [1.29, 1.82) is 0 Å². The molecule has 0 fully saturated rings. The van der Waals surface area contributed by atoms with Gasteiger partial charge in [-0.25, -0.2) is 24.9 Å². The molecule has 0 aliphatic rings. The van der Waals surface area contributed by atoms with Gasteiger partial charge in [-0.1, -0.05) is 144 Å². The number of rotatable bonds is 0. The van der Waals surface area contributed by atoms with Crippen molar-refractivity contribution in [2.75, 3.05) is 0 Å². The number of nitrogens with zero attached hydrogens (tertiary/aromatic N) is 18. The predicted molar refractivity (Wildman–Crippen MR) is 328 cm³/mol. The predicted octanol–water partition coefficient (Wildman–Crippen LogP) is 15.1. The standard InChI is InChI=1S/2C4H6N2.2C3H5N3.4C3H4N2O.2C3H4N2S.10C2H6/c1-4-2-5-3-6-4;1-4-5-2-3-6-4;2*1-3-4-2-5-6-3;1-3-5-4-2-6-3;1-3-4-2-5-6-3;1-3-2-6-5-4-3;1-3-2-4-5-6-3;1-3-5-4-2-6-3;1-3-4-2-5-6-3;10*1-2/h2*2-3H,1H3,(H,5,6);2*2H,1H3,(H,4,5,6);6*2H,1H3;10*1-2H3. The zero-order chi connectivity index (χ0) is 64.1. The van der Waals surface area contributed by atoms with Crippen molar-refractivity contribution < 1.29 is 18.0 Å². The molecule has 10 heterocycles. The van der Waals surface area contributed by atoms with E-state index in [2.05, 4.69) is 129 Å². The third kappa shape index (κ3) is 87.1. The summed E-state index contributed by atoms with van der Waals surface area (Å²) < 4.78 is 21.7. The summed E-state index contributed by atoms with van der Waals surface area (Å²) >= 11 is 2.97. The number of imidazole rings is 2. The van der Waals surface area contributed by atoms with Crippen LogP contribution in [0.5, 0.6) is 0 Å². The maximum absolute atomic E-state index is 4.61. The zero-order valence-corrected chi connectivity index (χ0v) is 56.1. The largest absolute Gasteiger partial charge is 0.428 e. The van der Waals surface area contributed by atoms with Crippen molar-refractivity contribution in [3.63, 3.8) is 0 Å². The van der Waals surface area contributed by atoms with Crippen molar-refractivity contribution in [3.8, 4) is 0 Å². The van der Waals surface area contributed by atoms with E-state index in [1.54, 1.807) is 75.1 Å². The molecule has 0 bridgehead atoms. The highest BCUT2D eigenvalue weighted by molar-refractivity contribution is 7.09. The summed E-state index contributed by atoms with van der Waals surface area (Å²) in [5, 5.41) is 45.3. The minimum Gasteiger partial charge on any atom is -0.428 e. The van der Waals surface area contributed by atoms with Crippen LogP contribution in [0.2, 0.25) is 0 Å². The van der Waals surface area contributed by atoms with Gasteiger partial charge in [0, 0.05) is 48.7 Å². The lowest BCUT2D eigenvalue weighted by Crippen LogP contribution is -1.68. The van der Waals surface area contributed by atoms with E-state index in [9.17, 15) is 0 Å². The molecule has 0 radical (unpaired) electrons. The third-order valence-electron chi connectivity index (χ3n) is 5.16. The highest BCUT2D eigenvalue weighted by Gasteiger charge is 1.83. The maximum Gasteiger partial charge on any atom is 0.223 e. The second-order valence-electron chi connectivity index (χ2n) is 10.5. The molecule has 4 N–H and O–H groups in total. The van der Waals surface area contributed by atoms with Gasteiger partial charge in [-0.2, -0.15) is 19.6 Å². The van der Waals surface area contributed by atoms with Gasteiger partial charge in [-0.3, -0.25) is 10.2 Å². The summed E-state index contributed by atoms with van der Waals surface area (Å²) in [5.74, 6) is 4.64. The molecule has 0 aromatic carbocycles. The van der Waals surface area contributed by atoms with E-state index in [0.29, 0.717) is 11.8 Å². The van der Waals surface area contributed by atoms with Crippen molar-refractivity contribution >= 4 is 22.9 Å². The molecule has 0 atom stereocenters. The summed E-state index contributed by atoms with van der Waals surface area (Å²) in [6, 6.07) is 0. The smallest absolute Gasteiger partial charge is 0.223 e. The molecule has 0 amide bonds. The molecule has 0 spiro atoms. The number of hydrogen-bond acceptors (Lipinski definition) is 24. The normalized spacial score (nSPS) is 7.38. The van der Waals surface area contributed by atoms with Gasteiger partial charge in [-0.15, -0.1) is 41.9 Å². The van der Waals surface area contributed by atoms with Gasteiger partial charge in [0.05, 0.1) is 12.5 Å². The Hall–Kier alpha value is -7.62. The summed E-state index contributed by atoms with van der Waals surface area (Å²) in [6.45, 7) is 58.5. The van der Waals surface area contributed by atoms with Crippen LogP contribution >= 0.6 is 22.9 Å². The first-order chi connectivity index (χ1) is 38.9. The second-order valence-corrected chi connectivity index (χ2v) is 12.5. The number of aromatic nitrogens is 22. The first kappa shape index (κ1) is 94.8. The first-order valence-electron chi connectivity index (χ1n) is 26.9. The van der Waals surface area contributed by atoms with Gasteiger partial charge in [-0.05, 0) is 66.9 Å². The monoisotopic (exact) mass is 1170 g/mol. The number of H-pyrrole nitrogens is 4. The van der Waals surface area contributed by atoms with E-state index >= 15 is 0 Å². The van der Waals surface area contributed by atoms with Crippen LogP contribution in [0.4, 0.5) is 0 Å². The molecular weight excluding hydrogens is 1060 g/mol. The molecule has 26 nitrogen and oxygen atoms in total. The van der Waals surface area contributed by atoms with Crippen molar-refractivity contribution in [2.24, 2.45) is 0 Å². The molecule has 0 aliphatic heterocycles. The molecule has 460 valence electrons. The van der Waals surface area contributed by atoms with Gasteiger partial charge in [0.25, 0.3) is 0 Å². The number of hydrogen-bond donors (Lipinski definition) is 4. The Kier molecular flexibility index (Phi) is 108. The third-order valence-corrected chi connectivity index (χ3v) is 6.35. The van der Waals surface area contributed by atoms with Gasteiger partial charge >= 0.3 is 0 Å². The molecule has 0 aliphatic carbocycles. The van der Waals surface area contributed by atoms with Gasteiger partial charge in [0.2, 0.25) is 18.2 Å². The fourth-order valence-electron chi connectivity index (χ4n) is 2.54. The molecular formula is C52H106N22O4S2. The van der Waals surface area contributed by atoms with Crippen molar-refractivity contribution in [2.45, 2.75) is 208 Å². The minimum atomic E-state index is 0.606. The average molecular weight is 1170 g/mol. The highest BCUT2D eigenvalue weighted by Crippen LogP contribution is 1.95. The summed E-state index contributed by atoms with van der Waals surface area (Å²) in [6.07, 6.45) is 17.2. The zero-order valence-electron chi connectivity index (χ0n) is 54.4. The van der Waals surface area contributed by atoms with Crippen LogP contribution in [0.15, 0.2) is 92.6 Å². The van der Waals surface area contributed by atoms with Gasteiger partial charge in [0.15, 0.2) is 12.1 Å². The number of aryl methyl sites for hydroxylation is 10. The van der Waals surface area contributed by atoms with Gasteiger partial charge in [0.1, 0.15) is 63.9 Å². The molecule has 80 heavy (non-hydrogen) atoms. The quantitative estimate of drug-likeness (QED) is 0.110. The summed E-state index contributed by atoms with van der Waals surface area (Å²) in [4.78, 5) is 28.4. The first-order valence-corrected chi connectivity index (χ1v) is 28.5. The topological polar surface area (TPSA) is 348 Å².